The van der Waals surface area contributed by atoms with E-state index >= 15 is 0 Å². The summed E-state index contributed by atoms with van der Waals surface area (Å²) in [7, 11) is 1.82. The Bertz CT molecular complexity index is 481. The molecule has 2 nitrogen and oxygen atoms in total. The summed E-state index contributed by atoms with van der Waals surface area (Å²) < 4.78 is 13.7. The molecule has 2 aromatic heterocycles. The largest absolute Gasteiger partial charge is 0.307 e. The SMILES string of the molecule is CNC(c1ncccc1F)c1sccc1C. The van der Waals surface area contributed by atoms with Crippen molar-refractivity contribution in [3.05, 3.63) is 51.7 Å². The lowest BCUT2D eigenvalue weighted by Gasteiger charge is -2.15. The number of thiophene rings is 1. The maximum Gasteiger partial charge on any atom is 0.146 e. The first-order chi connectivity index (χ1) is 7.74. The number of nitrogens with zero attached hydrogens (tertiary/aromatic N) is 1. The number of aryl methyl sites for hydroxylation is 1. The van der Waals surface area contributed by atoms with E-state index in [0.29, 0.717) is 5.69 Å². The van der Waals surface area contributed by atoms with E-state index in [9.17, 15) is 4.39 Å². The molecule has 0 bridgehead atoms. The fourth-order valence-corrected chi connectivity index (χ4v) is 2.72. The number of aromatic nitrogens is 1. The normalized spacial score (nSPS) is 12.7. The molecule has 0 fully saturated rings. The number of halogens is 1. The van der Waals surface area contributed by atoms with Gasteiger partial charge < -0.3 is 5.32 Å². The van der Waals surface area contributed by atoms with Crippen LogP contribution in [0.15, 0.2) is 29.8 Å². The molecule has 0 aliphatic heterocycles. The Labute approximate surface area is 98.2 Å². The van der Waals surface area contributed by atoms with Crippen LogP contribution in [-0.2, 0) is 0 Å². The van der Waals surface area contributed by atoms with Crippen LogP contribution >= 0.6 is 11.3 Å². The molecule has 0 radical (unpaired) electrons. The molecule has 2 rings (SSSR count). The lowest BCUT2D eigenvalue weighted by molar-refractivity contribution is 0.562. The summed E-state index contributed by atoms with van der Waals surface area (Å²) in [5.41, 5.74) is 1.62. The van der Waals surface area contributed by atoms with Gasteiger partial charge in [-0.15, -0.1) is 11.3 Å². The summed E-state index contributed by atoms with van der Waals surface area (Å²) in [5.74, 6) is -0.269. The van der Waals surface area contributed by atoms with E-state index in [1.807, 2.05) is 25.4 Å². The molecule has 0 spiro atoms. The summed E-state index contributed by atoms with van der Waals surface area (Å²) in [5, 5.41) is 5.12. The van der Waals surface area contributed by atoms with Gasteiger partial charge in [0.05, 0.1) is 11.7 Å². The second kappa shape index (κ2) is 4.72. The average molecular weight is 236 g/mol. The van der Waals surface area contributed by atoms with Crippen LogP contribution in [0.1, 0.15) is 22.2 Å². The van der Waals surface area contributed by atoms with Crippen molar-refractivity contribution in [2.45, 2.75) is 13.0 Å². The van der Waals surface area contributed by atoms with Crippen LogP contribution in [0.2, 0.25) is 0 Å². The van der Waals surface area contributed by atoms with Gasteiger partial charge in [0.1, 0.15) is 5.82 Å². The molecule has 2 aromatic rings. The number of pyridine rings is 1. The first-order valence-electron chi connectivity index (χ1n) is 5.05. The number of hydrogen-bond acceptors (Lipinski definition) is 3. The maximum absolute atomic E-state index is 13.7. The molecule has 0 amide bonds. The lowest BCUT2D eigenvalue weighted by Crippen LogP contribution is -2.19. The molecule has 4 heteroatoms. The summed E-state index contributed by atoms with van der Waals surface area (Å²) in [4.78, 5) is 5.23. The van der Waals surface area contributed by atoms with Gasteiger partial charge in [-0.2, -0.15) is 0 Å². The summed E-state index contributed by atoms with van der Waals surface area (Å²) in [6, 6.07) is 4.91. The smallest absolute Gasteiger partial charge is 0.146 e. The van der Waals surface area contributed by atoms with Gasteiger partial charge in [-0.3, -0.25) is 4.98 Å². The third-order valence-corrected chi connectivity index (χ3v) is 3.60. The third-order valence-electron chi connectivity index (χ3n) is 2.51. The van der Waals surface area contributed by atoms with Crippen LogP contribution in [-0.4, -0.2) is 12.0 Å². The molecule has 0 saturated heterocycles. The average Bonchev–Trinajstić information content (AvgIpc) is 2.69. The highest BCUT2D eigenvalue weighted by Gasteiger charge is 2.19. The zero-order valence-electron chi connectivity index (χ0n) is 9.20. The molecule has 2 heterocycles. The van der Waals surface area contributed by atoms with E-state index in [0.717, 1.165) is 10.4 Å². The molecular weight excluding hydrogens is 223 g/mol. The van der Waals surface area contributed by atoms with Crippen molar-refractivity contribution in [2.75, 3.05) is 7.05 Å². The first kappa shape index (κ1) is 11.2. The van der Waals surface area contributed by atoms with Crippen molar-refractivity contribution in [1.29, 1.82) is 0 Å². The Morgan fingerprint density at radius 2 is 2.25 bits per heavy atom. The quantitative estimate of drug-likeness (QED) is 0.886. The van der Waals surface area contributed by atoms with E-state index in [1.165, 1.54) is 6.07 Å². The Morgan fingerprint density at radius 3 is 2.81 bits per heavy atom. The molecule has 0 aromatic carbocycles. The van der Waals surface area contributed by atoms with Gasteiger partial charge in [0, 0.05) is 11.1 Å². The van der Waals surface area contributed by atoms with E-state index in [-0.39, 0.29) is 11.9 Å². The minimum atomic E-state index is -0.269. The third kappa shape index (κ3) is 1.99. The highest BCUT2D eigenvalue weighted by molar-refractivity contribution is 7.10. The van der Waals surface area contributed by atoms with E-state index in [1.54, 1.807) is 23.6 Å². The van der Waals surface area contributed by atoms with Crippen molar-refractivity contribution in [3.8, 4) is 0 Å². The Balaban J connectivity index is 2.45. The fourth-order valence-electron chi connectivity index (χ4n) is 1.68. The molecule has 0 saturated carbocycles. The van der Waals surface area contributed by atoms with Crippen LogP contribution in [0.3, 0.4) is 0 Å². The highest BCUT2D eigenvalue weighted by Crippen LogP contribution is 2.29. The molecule has 1 unspecified atom stereocenters. The van der Waals surface area contributed by atoms with Crippen molar-refractivity contribution in [2.24, 2.45) is 0 Å². The fraction of sp³-hybridized carbons (Fsp3) is 0.250. The molecule has 1 atom stereocenters. The summed E-state index contributed by atoms with van der Waals surface area (Å²) in [6.07, 6.45) is 1.62. The minimum Gasteiger partial charge on any atom is -0.307 e. The van der Waals surface area contributed by atoms with Gasteiger partial charge >= 0.3 is 0 Å². The second-order valence-electron chi connectivity index (χ2n) is 3.56. The number of rotatable bonds is 3. The standard InChI is InChI=1S/C12H13FN2S/c1-8-5-7-16-12(8)11(14-2)10-9(13)4-3-6-15-10/h3-7,11,14H,1-2H3. The van der Waals surface area contributed by atoms with E-state index < -0.39 is 0 Å². The Hall–Kier alpha value is -1.26. The summed E-state index contributed by atoms with van der Waals surface area (Å²) >= 11 is 1.62. The summed E-state index contributed by atoms with van der Waals surface area (Å²) in [6.45, 7) is 2.02. The molecule has 84 valence electrons. The zero-order valence-corrected chi connectivity index (χ0v) is 10.0. The maximum atomic E-state index is 13.7. The molecule has 1 N–H and O–H groups in total. The number of nitrogens with one attached hydrogen (secondary N) is 1. The van der Waals surface area contributed by atoms with Gasteiger partial charge in [-0.25, -0.2) is 4.39 Å². The molecule has 0 aliphatic rings. The van der Waals surface area contributed by atoms with Crippen LogP contribution in [0.25, 0.3) is 0 Å². The second-order valence-corrected chi connectivity index (χ2v) is 4.51. The lowest BCUT2D eigenvalue weighted by atomic mass is 10.1. The Morgan fingerprint density at radius 1 is 1.44 bits per heavy atom. The van der Waals surface area contributed by atoms with Crippen molar-refractivity contribution in [1.82, 2.24) is 10.3 Å². The molecular formula is C12H13FN2S. The first-order valence-corrected chi connectivity index (χ1v) is 5.93. The van der Waals surface area contributed by atoms with Gasteiger partial charge in [0.15, 0.2) is 0 Å². The Kier molecular flexibility index (Phi) is 3.31. The van der Waals surface area contributed by atoms with Crippen molar-refractivity contribution < 1.29 is 4.39 Å². The molecule has 16 heavy (non-hydrogen) atoms. The van der Waals surface area contributed by atoms with Gasteiger partial charge in [-0.05, 0) is 43.1 Å². The van der Waals surface area contributed by atoms with Gasteiger partial charge in [0.2, 0.25) is 0 Å². The zero-order chi connectivity index (χ0) is 11.5. The number of hydrogen-bond donors (Lipinski definition) is 1. The van der Waals surface area contributed by atoms with Gasteiger partial charge in [-0.1, -0.05) is 0 Å². The molecule has 0 aliphatic carbocycles. The minimum absolute atomic E-state index is 0.166. The van der Waals surface area contributed by atoms with Crippen LogP contribution < -0.4 is 5.32 Å². The van der Waals surface area contributed by atoms with Crippen LogP contribution in [0.5, 0.6) is 0 Å². The predicted octanol–water partition coefficient (Wildman–Crippen LogP) is 2.90. The van der Waals surface area contributed by atoms with E-state index in [2.05, 4.69) is 10.3 Å². The topological polar surface area (TPSA) is 24.9 Å². The van der Waals surface area contributed by atoms with Crippen molar-refractivity contribution >= 4 is 11.3 Å². The van der Waals surface area contributed by atoms with E-state index in [4.69, 9.17) is 0 Å². The monoisotopic (exact) mass is 236 g/mol. The van der Waals surface area contributed by atoms with Crippen molar-refractivity contribution in [3.63, 3.8) is 0 Å². The predicted molar refractivity (Wildman–Crippen MR) is 64.2 cm³/mol. The van der Waals surface area contributed by atoms with Gasteiger partial charge in [0.25, 0.3) is 0 Å². The van der Waals surface area contributed by atoms with Crippen LogP contribution in [0, 0.1) is 12.7 Å². The van der Waals surface area contributed by atoms with Crippen LogP contribution in [0.4, 0.5) is 4.39 Å². The highest BCUT2D eigenvalue weighted by atomic mass is 32.1.